The topological polar surface area (TPSA) is 145 Å². The van der Waals surface area contributed by atoms with Crippen LogP contribution in [-0.2, 0) is 32.0 Å². The van der Waals surface area contributed by atoms with Crippen LogP contribution in [-0.4, -0.2) is 44.8 Å². The van der Waals surface area contributed by atoms with E-state index in [1.807, 2.05) is 6.07 Å². The van der Waals surface area contributed by atoms with E-state index in [0.717, 1.165) is 10.1 Å². The summed E-state index contributed by atoms with van der Waals surface area (Å²) in [6.45, 7) is 0.0277. The highest BCUT2D eigenvalue weighted by molar-refractivity contribution is 5.78. The average molecular weight is 397 g/mol. The Morgan fingerprint density at radius 3 is 2.86 bits per heavy atom. The fourth-order valence-electron chi connectivity index (χ4n) is 2.95. The zero-order valence-corrected chi connectivity index (χ0v) is 15.7. The van der Waals surface area contributed by atoms with Gasteiger partial charge in [0.25, 0.3) is 5.56 Å². The van der Waals surface area contributed by atoms with E-state index in [9.17, 15) is 14.4 Å². The Morgan fingerprint density at radius 2 is 2.10 bits per heavy atom. The smallest absolute Gasteiger partial charge is 0.332 e. The summed E-state index contributed by atoms with van der Waals surface area (Å²) in [6, 6.07) is 3.61. The van der Waals surface area contributed by atoms with Crippen LogP contribution >= 0.6 is 0 Å². The summed E-state index contributed by atoms with van der Waals surface area (Å²) in [5.74, 6) is 0.625. The van der Waals surface area contributed by atoms with Gasteiger partial charge in [0.1, 0.15) is 18.0 Å². The van der Waals surface area contributed by atoms with Crippen LogP contribution in [0.1, 0.15) is 7.25 Å². The van der Waals surface area contributed by atoms with E-state index >= 15 is 0 Å². The van der Waals surface area contributed by atoms with Gasteiger partial charge in [-0.05, 0) is 12.1 Å². The predicted octanol–water partition coefficient (Wildman–Crippen LogP) is -0.824. The highest BCUT2D eigenvalue weighted by atomic mass is 16.2. The Labute approximate surface area is 164 Å². The van der Waals surface area contributed by atoms with Crippen molar-refractivity contribution in [2.24, 2.45) is 14.1 Å². The number of aryl methyl sites for hydroxylation is 1. The molecule has 4 aromatic heterocycles. The molecule has 4 rings (SSSR count). The van der Waals surface area contributed by atoms with Crippen LogP contribution in [0.15, 0.2) is 40.4 Å². The third-order valence-corrected chi connectivity index (χ3v) is 4.43. The molecule has 2 N–H and O–H groups in total. The number of amides is 1. The summed E-state index contributed by atoms with van der Waals surface area (Å²) in [4.78, 5) is 49.0. The van der Waals surface area contributed by atoms with Crippen molar-refractivity contribution < 1.29 is 6.22 Å². The van der Waals surface area contributed by atoms with Gasteiger partial charge >= 0.3 is 5.69 Å². The van der Waals surface area contributed by atoms with Crippen LogP contribution in [0.25, 0.3) is 22.6 Å². The van der Waals surface area contributed by atoms with E-state index in [0.29, 0.717) is 11.6 Å². The average Bonchev–Trinajstić information content (AvgIpc) is 3.37. The maximum Gasteiger partial charge on any atom is 0.332 e. The standard InChI is InChI=1S/C17H17N9O3.H2/c1-24-15-13(16(28)25(2)17(24)29)20-9-26(15)8-12(27)19-7-11-21-14(23-22-11)10-4-3-5-18-6-10;/h3-6,9H,7-8H2,1-2H3,(H,19,27)(H,21,22,23);1H. The quantitative estimate of drug-likeness (QED) is 0.447. The lowest BCUT2D eigenvalue weighted by Gasteiger charge is -2.08. The summed E-state index contributed by atoms with van der Waals surface area (Å²) in [7, 11) is 2.90. The first-order valence-corrected chi connectivity index (χ1v) is 8.65. The van der Waals surface area contributed by atoms with E-state index in [4.69, 9.17) is 0 Å². The van der Waals surface area contributed by atoms with Gasteiger partial charge in [-0.25, -0.2) is 14.8 Å². The Kier molecular flexibility index (Phi) is 4.50. The van der Waals surface area contributed by atoms with Crippen LogP contribution < -0.4 is 16.6 Å². The molecule has 4 heterocycles. The highest BCUT2D eigenvalue weighted by Gasteiger charge is 2.16. The number of hydrogen-bond donors (Lipinski definition) is 2. The van der Waals surface area contributed by atoms with Crippen LogP contribution in [0.2, 0.25) is 0 Å². The SMILES string of the molecule is Cn1c(=O)c2ncn(CC(=O)NCc3nc(-c4cccnc4)n[nH]3)c2n(C)c1=O.[HH]. The molecule has 1 amide bonds. The summed E-state index contributed by atoms with van der Waals surface area (Å²) < 4.78 is 3.71. The number of fused-ring (bicyclic) bond motifs is 1. The molecule has 0 saturated heterocycles. The van der Waals surface area contributed by atoms with Gasteiger partial charge in [0, 0.05) is 33.5 Å². The lowest BCUT2D eigenvalue weighted by atomic mass is 10.3. The maximum atomic E-state index is 12.3. The molecule has 29 heavy (non-hydrogen) atoms. The number of aromatic amines is 1. The molecule has 0 aromatic carbocycles. The first-order valence-electron chi connectivity index (χ1n) is 8.65. The lowest BCUT2D eigenvalue weighted by molar-refractivity contribution is -0.121. The molecule has 0 aliphatic carbocycles. The second kappa shape index (κ2) is 7.14. The minimum atomic E-state index is -0.508. The largest absolute Gasteiger partial charge is 0.347 e. The van der Waals surface area contributed by atoms with E-state index in [-0.39, 0.29) is 31.6 Å². The molecule has 0 atom stereocenters. The predicted molar refractivity (Wildman–Crippen MR) is 104 cm³/mol. The summed E-state index contributed by atoms with van der Waals surface area (Å²) in [5, 5.41) is 9.59. The third-order valence-electron chi connectivity index (χ3n) is 4.43. The fraction of sp³-hybridized carbons (Fsp3) is 0.235. The van der Waals surface area contributed by atoms with Crippen molar-refractivity contribution in [3.05, 3.63) is 57.5 Å². The van der Waals surface area contributed by atoms with Gasteiger partial charge in [0.15, 0.2) is 11.3 Å². The van der Waals surface area contributed by atoms with Crippen molar-refractivity contribution in [1.29, 1.82) is 0 Å². The molecule has 0 bridgehead atoms. The summed E-state index contributed by atoms with van der Waals surface area (Å²) in [6.07, 6.45) is 4.66. The van der Waals surface area contributed by atoms with Gasteiger partial charge in [-0.2, -0.15) is 5.10 Å². The molecule has 0 aliphatic rings. The molecule has 0 unspecified atom stereocenters. The molecular formula is C17H19N9O3. The zero-order chi connectivity index (χ0) is 20.5. The van der Waals surface area contributed by atoms with E-state index in [2.05, 4.69) is 30.5 Å². The zero-order valence-electron chi connectivity index (χ0n) is 15.7. The number of carbonyl (C=O) groups excluding carboxylic acids is 1. The van der Waals surface area contributed by atoms with Crippen LogP contribution in [0.3, 0.4) is 0 Å². The number of nitrogens with one attached hydrogen (secondary N) is 2. The van der Waals surface area contributed by atoms with Crippen LogP contribution in [0.5, 0.6) is 0 Å². The minimum Gasteiger partial charge on any atom is -0.347 e. The molecular weight excluding hydrogens is 378 g/mol. The van der Waals surface area contributed by atoms with Gasteiger partial charge in [0.05, 0.1) is 12.9 Å². The number of pyridine rings is 1. The molecule has 0 radical (unpaired) electrons. The number of hydrogen-bond acceptors (Lipinski definition) is 7. The monoisotopic (exact) mass is 397 g/mol. The maximum absolute atomic E-state index is 12.3. The molecule has 0 fully saturated rings. The van der Waals surface area contributed by atoms with Crippen molar-refractivity contribution >= 4 is 17.1 Å². The first-order chi connectivity index (χ1) is 14.0. The fourth-order valence-corrected chi connectivity index (χ4v) is 2.95. The van der Waals surface area contributed by atoms with Gasteiger partial charge in [-0.15, -0.1) is 0 Å². The molecule has 0 aliphatic heterocycles. The molecule has 12 nitrogen and oxygen atoms in total. The second-order valence-corrected chi connectivity index (χ2v) is 6.37. The lowest BCUT2D eigenvalue weighted by Crippen LogP contribution is -2.38. The van der Waals surface area contributed by atoms with Gasteiger partial charge < -0.3 is 9.88 Å². The van der Waals surface area contributed by atoms with Gasteiger partial charge in [0.2, 0.25) is 5.91 Å². The number of imidazole rings is 1. The molecule has 150 valence electrons. The molecule has 0 saturated carbocycles. The summed E-state index contributed by atoms with van der Waals surface area (Å²) >= 11 is 0. The number of nitrogens with zero attached hydrogens (tertiary/aromatic N) is 7. The summed E-state index contributed by atoms with van der Waals surface area (Å²) in [5.41, 5.74) is 0.167. The Morgan fingerprint density at radius 1 is 1.28 bits per heavy atom. The normalized spacial score (nSPS) is 11.1. The Bertz CT molecular complexity index is 1320. The number of aromatic nitrogens is 8. The van der Waals surface area contributed by atoms with E-state index in [1.165, 1.54) is 29.6 Å². The third kappa shape index (κ3) is 3.31. The number of carbonyl (C=O) groups is 1. The van der Waals surface area contributed by atoms with Crippen LogP contribution in [0, 0.1) is 0 Å². The molecule has 12 heteroatoms. The van der Waals surface area contributed by atoms with E-state index in [1.54, 1.807) is 18.5 Å². The van der Waals surface area contributed by atoms with Crippen molar-refractivity contribution in [3.63, 3.8) is 0 Å². The van der Waals surface area contributed by atoms with Gasteiger partial charge in [-0.3, -0.25) is 28.8 Å². The highest BCUT2D eigenvalue weighted by Crippen LogP contribution is 2.11. The Balaban J connectivity index is 0.00000256. The minimum absolute atomic E-state index is 0. The van der Waals surface area contributed by atoms with Gasteiger partial charge in [-0.1, -0.05) is 0 Å². The van der Waals surface area contributed by atoms with Crippen molar-refractivity contribution in [3.8, 4) is 11.4 Å². The van der Waals surface area contributed by atoms with Crippen molar-refractivity contribution in [2.75, 3.05) is 0 Å². The second-order valence-electron chi connectivity index (χ2n) is 6.37. The van der Waals surface area contributed by atoms with Crippen molar-refractivity contribution in [1.82, 2.24) is 44.2 Å². The number of H-pyrrole nitrogens is 1. The van der Waals surface area contributed by atoms with E-state index < -0.39 is 11.2 Å². The van der Waals surface area contributed by atoms with Crippen molar-refractivity contribution in [2.45, 2.75) is 13.1 Å². The Hall–Kier alpha value is -4.09. The van der Waals surface area contributed by atoms with Crippen LogP contribution in [0.4, 0.5) is 0 Å². The number of rotatable bonds is 5. The first kappa shape index (κ1) is 18.3. The molecule has 4 aromatic rings. The molecule has 0 spiro atoms.